The summed E-state index contributed by atoms with van der Waals surface area (Å²) in [7, 11) is 1.63. The van der Waals surface area contributed by atoms with Gasteiger partial charge in [0.15, 0.2) is 0 Å². The van der Waals surface area contributed by atoms with E-state index in [4.69, 9.17) is 14.7 Å². The zero-order valence-electron chi connectivity index (χ0n) is 14.6. The molecule has 0 N–H and O–H groups in total. The van der Waals surface area contributed by atoms with Crippen molar-refractivity contribution in [3.8, 4) is 22.4 Å². The van der Waals surface area contributed by atoms with Gasteiger partial charge in [0.2, 0.25) is 0 Å². The number of ether oxygens (including phenoxy) is 2. The molecular formula is C21H16N2O3S. The quantitative estimate of drug-likeness (QED) is 0.469. The number of rotatable bonds is 6. The van der Waals surface area contributed by atoms with Crippen molar-refractivity contribution >= 4 is 23.4 Å². The van der Waals surface area contributed by atoms with E-state index >= 15 is 0 Å². The molecule has 0 aliphatic heterocycles. The highest BCUT2D eigenvalue weighted by Gasteiger charge is 2.07. The number of methoxy groups -OCH3 is 1. The van der Waals surface area contributed by atoms with Crippen LogP contribution in [0.15, 0.2) is 60.0 Å². The van der Waals surface area contributed by atoms with Gasteiger partial charge >= 0.3 is 5.97 Å². The average molecular weight is 376 g/mol. The fraction of sp³-hybridized carbons (Fsp3) is 0.0952. The molecule has 0 saturated heterocycles. The van der Waals surface area contributed by atoms with Gasteiger partial charge in [0.05, 0.1) is 24.4 Å². The van der Waals surface area contributed by atoms with Gasteiger partial charge in [-0.05, 0) is 48.0 Å². The second-order valence-electron chi connectivity index (χ2n) is 5.55. The Kier molecular flexibility index (Phi) is 5.98. The lowest BCUT2D eigenvalue weighted by molar-refractivity contribution is -0.139. The van der Waals surface area contributed by atoms with E-state index in [-0.39, 0.29) is 6.61 Å². The standard InChI is InChI=1S/C21H16N2O3S/c1-25-19-9-7-17(8-10-19)21-23-18(14-27-21)13-26-20(24)11-6-15-2-4-16(12-22)5-3-15/h2-11,14H,13H2,1H3/b11-6+. The molecule has 5 nitrogen and oxygen atoms in total. The first-order valence-electron chi connectivity index (χ1n) is 8.12. The van der Waals surface area contributed by atoms with Crippen LogP contribution in [0.1, 0.15) is 16.8 Å². The van der Waals surface area contributed by atoms with Gasteiger partial charge in [-0.3, -0.25) is 0 Å². The smallest absolute Gasteiger partial charge is 0.331 e. The second kappa shape index (κ2) is 8.79. The molecule has 1 heterocycles. The summed E-state index contributed by atoms with van der Waals surface area (Å²) in [5.41, 5.74) is 3.08. The van der Waals surface area contributed by atoms with Crippen molar-refractivity contribution in [3.63, 3.8) is 0 Å². The zero-order chi connectivity index (χ0) is 19.1. The Balaban J connectivity index is 1.55. The number of hydrogen-bond acceptors (Lipinski definition) is 6. The Hall–Kier alpha value is -3.43. The Morgan fingerprint density at radius 2 is 1.93 bits per heavy atom. The van der Waals surface area contributed by atoms with Crippen LogP contribution in [-0.4, -0.2) is 18.1 Å². The summed E-state index contributed by atoms with van der Waals surface area (Å²) in [5, 5.41) is 11.5. The molecule has 6 heteroatoms. The van der Waals surface area contributed by atoms with Gasteiger partial charge in [0, 0.05) is 17.0 Å². The number of thiazole rings is 1. The molecule has 3 rings (SSSR count). The molecule has 1 aromatic heterocycles. The highest BCUT2D eigenvalue weighted by Crippen LogP contribution is 2.25. The number of aromatic nitrogens is 1. The van der Waals surface area contributed by atoms with E-state index in [1.54, 1.807) is 37.5 Å². The number of nitriles is 1. The van der Waals surface area contributed by atoms with Gasteiger partial charge in [0.1, 0.15) is 17.4 Å². The fourth-order valence-corrected chi connectivity index (χ4v) is 3.08. The summed E-state index contributed by atoms with van der Waals surface area (Å²) in [5.74, 6) is 0.344. The van der Waals surface area contributed by atoms with Crippen LogP contribution in [0.4, 0.5) is 0 Å². The molecule has 0 aliphatic carbocycles. The third-order valence-corrected chi connectivity index (χ3v) is 4.64. The SMILES string of the molecule is COc1ccc(-c2nc(COC(=O)/C=C/c3ccc(C#N)cc3)cs2)cc1. The summed E-state index contributed by atoms with van der Waals surface area (Å²) in [6.45, 7) is 0.114. The number of hydrogen-bond donors (Lipinski definition) is 0. The molecular weight excluding hydrogens is 360 g/mol. The van der Waals surface area contributed by atoms with Crippen molar-refractivity contribution in [2.24, 2.45) is 0 Å². The molecule has 0 fully saturated rings. The number of benzene rings is 2. The predicted octanol–water partition coefficient (Wildman–Crippen LogP) is 4.45. The van der Waals surface area contributed by atoms with E-state index in [9.17, 15) is 4.79 Å². The minimum atomic E-state index is -0.446. The van der Waals surface area contributed by atoms with Crippen LogP contribution in [0.2, 0.25) is 0 Å². The lowest BCUT2D eigenvalue weighted by atomic mass is 10.1. The Morgan fingerprint density at radius 1 is 1.19 bits per heavy atom. The van der Waals surface area contributed by atoms with Gasteiger partial charge in [0.25, 0.3) is 0 Å². The van der Waals surface area contributed by atoms with Crippen LogP contribution in [-0.2, 0) is 16.1 Å². The number of esters is 1. The first-order chi connectivity index (χ1) is 13.2. The van der Waals surface area contributed by atoms with Gasteiger partial charge < -0.3 is 9.47 Å². The largest absolute Gasteiger partial charge is 0.497 e. The fourth-order valence-electron chi connectivity index (χ4n) is 2.27. The minimum Gasteiger partial charge on any atom is -0.497 e. The van der Waals surface area contributed by atoms with E-state index in [1.807, 2.05) is 35.7 Å². The molecule has 27 heavy (non-hydrogen) atoms. The molecule has 134 valence electrons. The summed E-state index contributed by atoms with van der Waals surface area (Å²) in [6.07, 6.45) is 3.01. The zero-order valence-corrected chi connectivity index (χ0v) is 15.4. The summed E-state index contributed by atoms with van der Waals surface area (Å²) >= 11 is 1.49. The Labute approximate surface area is 161 Å². The van der Waals surface area contributed by atoms with Crippen molar-refractivity contribution < 1.29 is 14.3 Å². The normalized spacial score (nSPS) is 10.5. The molecule has 0 saturated carbocycles. The predicted molar refractivity (Wildman–Crippen MR) is 104 cm³/mol. The van der Waals surface area contributed by atoms with Crippen LogP contribution in [0.3, 0.4) is 0 Å². The van der Waals surface area contributed by atoms with Crippen LogP contribution < -0.4 is 4.74 Å². The summed E-state index contributed by atoms with van der Waals surface area (Å²) in [4.78, 5) is 16.4. The molecule has 0 spiro atoms. The average Bonchev–Trinajstić information content (AvgIpc) is 3.20. The maximum Gasteiger partial charge on any atom is 0.331 e. The Morgan fingerprint density at radius 3 is 2.59 bits per heavy atom. The van der Waals surface area contributed by atoms with Crippen molar-refractivity contribution in [2.45, 2.75) is 6.61 Å². The molecule has 3 aromatic rings. The first-order valence-corrected chi connectivity index (χ1v) is 9.00. The van der Waals surface area contributed by atoms with Crippen molar-refractivity contribution in [1.29, 1.82) is 5.26 Å². The highest BCUT2D eigenvalue weighted by molar-refractivity contribution is 7.13. The van der Waals surface area contributed by atoms with Crippen molar-refractivity contribution in [3.05, 3.63) is 76.8 Å². The molecule has 0 amide bonds. The third kappa shape index (κ3) is 5.03. The molecule has 2 aromatic carbocycles. The second-order valence-corrected chi connectivity index (χ2v) is 6.41. The van der Waals surface area contributed by atoms with Crippen LogP contribution in [0, 0.1) is 11.3 Å². The number of nitrogens with zero attached hydrogens (tertiary/aromatic N) is 2. The van der Waals surface area contributed by atoms with E-state index in [1.165, 1.54) is 17.4 Å². The molecule has 0 aliphatic rings. The van der Waals surface area contributed by atoms with E-state index in [2.05, 4.69) is 4.98 Å². The van der Waals surface area contributed by atoms with Gasteiger partial charge in [-0.15, -0.1) is 11.3 Å². The van der Waals surface area contributed by atoms with E-state index < -0.39 is 5.97 Å². The maximum atomic E-state index is 11.9. The summed E-state index contributed by atoms with van der Waals surface area (Å²) in [6, 6.07) is 16.6. The van der Waals surface area contributed by atoms with Crippen LogP contribution >= 0.6 is 11.3 Å². The lowest BCUT2D eigenvalue weighted by Gasteiger charge is -2.01. The highest BCUT2D eigenvalue weighted by atomic mass is 32.1. The molecule has 0 radical (unpaired) electrons. The van der Waals surface area contributed by atoms with Crippen LogP contribution in [0.25, 0.3) is 16.6 Å². The van der Waals surface area contributed by atoms with E-state index in [0.717, 1.165) is 21.9 Å². The molecule has 0 atom stereocenters. The Bertz CT molecular complexity index is 984. The minimum absolute atomic E-state index is 0.114. The third-order valence-electron chi connectivity index (χ3n) is 3.70. The van der Waals surface area contributed by atoms with Crippen molar-refractivity contribution in [2.75, 3.05) is 7.11 Å². The number of carbonyl (C=O) groups excluding carboxylic acids is 1. The topological polar surface area (TPSA) is 72.2 Å². The van der Waals surface area contributed by atoms with Gasteiger partial charge in [-0.2, -0.15) is 5.26 Å². The summed E-state index contributed by atoms with van der Waals surface area (Å²) < 4.78 is 10.4. The number of carbonyl (C=O) groups is 1. The molecule has 0 bridgehead atoms. The first kappa shape index (κ1) is 18.4. The lowest BCUT2D eigenvalue weighted by Crippen LogP contribution is -2.00. The maximum absolute atomic E-state index is 11.9. The molecule has 0 unspecified atom stereocenters. The van der Waals surface area contributed by atoms with Gasteiger partial charge in [-0.1, -0.05) is 12.1 Å². The van der Waals surface area contributed by atoms with Crippen LogP contribution in [0.5, 0.6) is 5.75 Å². The van der Waals surface area contributed by atoms with Gasteiger partial charge in [-0.25, -0.2) is 9.78 Å². The van der Waals surface area contributed by atoms with Crippen molar-refractivity contribution in [1.82, 2.24) is 4.98 Å². The van der Waals surface area contributed by atoms with E-state index in [0.29, 0.717) is 11.3 Å². The monoisotopic (exact) mass is 376 g/mol.